The van der Waals surface area contributed by atoms with E-state index in [4.69, 9.17) is 4.74 Å². The molecule has 0 saturated carbocycles. The molecule has 1 heterocycles. The summed E-state index contributed by atoms with van der Waals surface area (Å²) in [6, 6.07) is 1.12. The van der Waals surface area contributed by atoms with E-state index in [1.54, 1.807) is 6.92 Å². The van der Waals surface area contributed by atoms with E-state index < -0.39 is 35.1 Å². The van der Waals surface area contributed by atoms with Gasteiger partial charge in [-0.1, -0.05) is 0 Å². The SMILES string of the molecule is COC(=O)C1CCN([C@H](C)C(=O)Nc2ccc(F)c(F)c2F)CC1. The summed E-state index contributed by atoms with van der Waals surface area (Å²) < 4.78 is 44.4. The molecule has 0 bridgehead atoms. The summed E-state index contributed by atoms with van der Waals surface area (Å²) in [4.78, 5) is 25.5. The van der Waals surface area contributed by atoms with E-state index in [1.807, 2.05) is 4.90 Å². The molecule has 24 heavy (non-hydrogen) atoms. The Morgan fingerprint density at radius 2 is 1.83 bits per heavy atom. The second-order valence-electron chi connectivity index (χ2n) is 5.72. The molecule has 2 rings (SSSR count). The smallest absolute Gasteiger partial charge is 0.308 e. The Morgan fingerprint density at radius 1 is 1.21 bits per heavy atom. The molecule has 0 radical (unpaired) electrons. The molecule has 1 aromatic carbocycles. The van der Waals surface area contributed by atoms with Crippen LogP contribution in [0.3, 0.4) is 0 Å². The molecule has 1 amide bonds. The van der Waals surface area contributed by atoms with Crippen LogP contribution < -0.4 is 5.32 Å². The van der Waals surface area contributed by atoms with Gasteiger partial charge < -0.3 is 10.1 Å². The molecule has 0 spiro atoms. The van der Waals surface area contributed by atoms with Crippen LogP contribution in [0.4, 0.5) is 18.9 Å². The first-order chi connectivity index (χ1) is 11.3. The summed E-state index contributed by atoms with van der Waals surface area (Å²) in [5.74, 6) is -5.36. The summed E-state index contributed by atoms with van der Waals surface area (Å²) in [7, 11) is 1.33. The van der Waals surface area contributed by atoms with Crippen LogP contribution in [0.15, 0.2) is 12.1 Å². The van der Waals surface area contributed by atoms with E-state index >= 15 is 0 Å². The van der Waals surface area contributed by atoms with Crippen LogP contribution in [0.5, 0.6) is 0 Å². The molecule has 1 fully saturated rings. The zero-order valence-corrected chi connectivity index (χ0v) is 13.4. The van der Waals surface area contributed by atoms with Gasteiger partial charge in [0.2, 0.25) is 5.91 Å². The summed E-state index contributed by atoms with van der Waals surface area (Å²) in [5.41, 5.74) is -0.407. The number of piperidine rings is 1. The number of carbonyl (C=O) groups excluding carboxylic acids is 2. The highest BCUT2D eigenvalue weighted by atomic mass is 19.2. The maximum absolute atomic E-state index is 13.6. The zero-order valence-electron chi connectivity index (χ0n) is 13.4. The van der Waals surface area contributed by atoms with Crippen LogP contribution in [0.25, 0.3) is 0 Å². The van der Waals surface area contributed by atoms with Crippen LogP contribution in [0.2, 0.25) is 0 Å². The van der Waals surface area contributed by atoms with Gasteiger partial charge in [-0.15, -0.1) is 0 Å². The van der Waals surface area contributed by atoms with Gasteiger partial charge in [0, 0.05) is 0 Å². The van der Waals surface area contributed by atoms with E-state index in [1.165, 1.54) is 7.11 Å². The largest absolute Gasteiger partial charge is 0.469 e. The summed E-state index contributed by atoms with van der Waals surface area (Å²) in [5, 5.41) is 2.27. The minimum atomic E-state index is -1.63. The fraction of sp³-hybridized carbons (Fsp3) is 0.500. The van der Waals surface area contributed by atoms with Gasteiger partial charge in [0.1, 0.15) is 0 Å². The Balaban J connectivity index is 1.96. The third-order valence-corrected chi connectivity index (χ3v) is 4.28. The lowest BCUT2D eigenvalue weighted by atomic mass is 9.96. The topological polar surface area (TPSA) is 58.6 Å². The van der Waals surface area contributed by atoms with Crippen molar-refractivity contribution < 1.29 is 27.5 Å². The third-order valence-electron chi connectivity index (χ3n) is 4.28. The summed E-state index contributed by atoms with van der Waals surface area (Å²) >= 11 is 0. The number of likely N-dealkylation sites (tertiary alicyclic amines) is 1. The highest BCUT2D eigenvalue weighted by Gasteiger charge is 2.30. The number of benzene rings is 1. The lowest BCUT2D eigenvalue weighted by Crippen LogP contribution is -2.47. The van der Waals surface area contributed by atoms with Gasteiger partial charge in [-0.05, 0) is 45.0 Å². The predicted molar refractivity (Wildman–Crippen MR) is 80.7 cm³/mol. The standard InChI is InChI=1S/C16H19F3N2O3/c1-9(21-7-5-10(6-8-21)16(23)24-2)15(22)20-12-4-3-11(17)13(18)14(12)19/h3-4,9-10H,5-8H2,1-2H3,(H,20,22)/t9-/m1/s1. The van der Waals surface area contributed by atoms with Crippen molar-refractivity contribution in [1.29, 1.82) is 0 Å². The molecule has 1 atom stereocenters. The van der Waals surface area contributed by atoms with Crippen LogP contribution >= 0.6 is 0 Å². The number of rotatable bonds is 4. The lowest BCUT2D eigenvalue weighted by molar-refractivity contribution is -0.147. The number of ether oxygens (including phenoxy) is 1. The molecule has 0 unspecified atom stereocenters. The second kappa shape index (κ2) is 7.65. The Labute approximate surface area is 137 Å². The van der Waals surface area contributed by atoms with Crippen molar-refractivity contribution in [3.05, 3.63) is 29.6 Å². The molecular formula is C16H19F3N2O3. The molecule has 1 aromatic rings. The van der Waals surface area contributed by atoms with Crippen LogP contribution in [-0.2, 0) is 14.3 Å². The molecule has 0 aliphatic carbocycles. The number of halogens is 3. The normalized spacial score (nSPS) is 17.4. The van der Waals surface area contributed by atoms with E-state index in [-0.39, 0.29) is 11.9 Å². The van der Waals surface area contributed by atoms with Crippen molar-refractivity contribution >= 4 is 17.6 Å². The molecule has 1 saturated heterocycles. The number of methoxy groups -OCH3 is 1. The number of anilines is 1. The van der Waals surface area contributed by atoms with Gasteiger partial charge in [0.15, 0.2) is 17.5 Å². The number of nitrogens with one attached hydrogen (secondary N) is 1. The zero-order chi connectivity index (χ0) is 17.9. The lowest BCUT2D eigenvalue weighted by Gasteiger charge is -2.34. The monoisotopic (exact) mass is 344 g/mol. The fourth-order valence-corrected chi connectivity index (χ4v) is 2.71. The van der Waals surface area contributed by atoms with E-state index in [0.29, 0.717) is 25.9 Å². The van der Waals surface area contributed by atoms with Gasteiger partial charge in [-0.3, -0.25) is 14.5 Å². The fourth-order valence-electron chi connectivity index (χ4n) is 2.71. The van der Waals surface area contributed by atoms with Crippen molar-refractivity contribution in [3.8, 4) is 0 Å². The minimum Gasteiger partial charge on any atom is -0.469 e. The van der Waals surface area contributed by atoms with Crippen LogP contribution in [0.1, 0.15) is 19.8 Å². The van der Waals surface area contributed by atoms with E-state index in [0.717, 1.165) is 12.1 Å². The first-order valence-electron chi connectivity index (χ1n) is 7.61. The first kappa shape index (κ1) is 18.3. The Hall–Kier alpha value is -2.09. The Bertz CT molecular complexity index is 631. The van der Waals surface area contributed by atoms with Crippen molar-refractivity contribution in [2.24, 2.45) is 5.92 Å². The maximum atomic E-state index is 13.6. The second-order valence-corrected chi connectivity index (χ2v) is 5.72. The highest BCUT2D eigenvalue weighted by Crippen LogP contribution is 2.22. The van der Waals surface area contributed by atoms with Crippen LogP contribution in [0, 0.1) is 23.4 Å². The molecular weight excluding hydrogens is 325 g/mol. The molecule has 1 N–H and O–H groups in total. The van der Waals surface area contributed by atoms with Gasteiger partial charge in [0.05, 0.1) is 24.8 Å². The molecule has 1 aliphatic heterocycles. The number of esters is 1. The number of hydrogen-bond acceptors (Lipinski definition) is 4. The molecule has 132 valence electrons. The van der Waals surface area contributed by atoms with Crippen molar-refractivity contribution in [2.45, 2.75) is 25.8 Å². The number of nitrogens with zero attached hydrogens (tertiary/aromatic N) is 1. The minimum absolute atomic E-state index is 0.190. The van der Waals surface area contributed by atoms with E-state index in [9.17, 15) is 22.8 Å². The molecule has 1 aliphatic rings. The van der Waals surface area contributed by atoms with Crippen molar-refractivity contribution in [2.75, 3.05) is 25.5 Å². The van der Waals surface area contributed by atoms with Crippen molar-refractivity contribution in [3.63, 3.8) is 0 Å². The van der Waals surface area contributed by atoms with Gasteiger partial charge in [-0.2, -0.15) is 0 Å². The molecule has 8 heteroatoms. The number of hydrogen-bond donors (Lipinski definition) is 1. The highest BCUT2D eigenvalue weighted by molar-refractivity contribution is 5.94. The quantitative estimate of drug-likeness (QED) is 0.673. The van der Waals surface area contributed by atoms with Gasteiger partial charge in [0.25, 0.3) is 0 Å². The average molecular weight is 344 g/mol. The van der Waals surface area contributed by atoms with Gasteiger partial charge >= 0.3 is 5.97 Å². The van der Waals surface area contributed by atoms with E-state index in [2.05, 4.69) is 5.32 Å². The predicted octanol–water partition coefficient (Wildman–Crippen LogP) is 2.32. The number of carbonyl (C=O) groups is 2. The van der Waals surface area contributed by atoms with Gasteiger partial charge in [-0.25, -0.2) is 13.2 Å². The Kier molecular flexibility index (Phi) is 5.82. The van der Waals surface area contributed by atoms with Crippen LogP contribution in [-0.4, -0.2) is 43.0 Å². The molecule has 0 aromatic heterocycles. The number of amides is 1. The summed E-state index contributed by atoms with van der Waals surface area (Å²) in [6.07, 6.45) is 1.12. The Morgan fingerprint density at radius 3 is 2.42 bits per heavy atom. The first-order valence-corrected chi connectivity index (χ1v) is 7.61. The average Bonchev–Trinajstić information content (AvgIpc) is 2.60. The van der Waals surface area contributed by atoms with Crippen molar-refractivity contribution in [1.82, 2.24) is 4.90 Å². The summed E-state index contributed by atoms with van der Waals surface area (Å²) in [6.45, 7) is 2.65. The maximum Gasteiger partial charge on any atom is 0.308 e. The third kappa shape index (κ3) is 3.87. The molecule has 5 nitrogen and oxygen atoms in total.